The number of aromatic amines is 1. The Balaban J connectivity index is 1.60. The van der Waals surface area contributed by atoms with Gasteiger partial charge in [-0.3, -0.25) is 14.5 Å². The van der Waals surface area contributed by atoms with Gasteiger partial charge >= 0.3 is 0 Å². The molecule has 1 unspecified atom stereocenters. The third-order valence-electron chi connectivity index (χ3n) is 4.20. The van der Waals surface area contributed by atoms with E-state index in [1.165, 1.54) is 24.5 Å². The van der Waals surface area contributed by atoms with Crippen molar-refractivity contribution in [2.45, 2.75) is 18.8 Å². The number of hydrogen-bond acceptors (Lipinski definition) is 4. The number of amides is 1. The van der Waals surface area contributed by atoms with E-state index in [0.717, 1.165) is 31.1 Å². The number of nitrogens with zero attached hydrogens (tertiary/aromatic N) is 2. The molecule has 8 heteroatoms. The van der Waals surface area contributed by atoms with Gasteiger partial charge < -0.3 is 10.3 Å². The molecule has 0 aliphatic carbocycles. The fraction of sp³-hybridized carbons (Fsp3) is 0.353. The molecular weight excluding hydrogens is 347 g/mol. The maximum Gasteiger partial charge on any atom is 0.250 e. The summed E-state index contributed by atoms with van der Waals surface area (Å²) in [5.41, 5.74) is 0.662. The molecule has 1 aliphatic rings. The van der Waals surface area contributed by atoms with E-state index in [1.54, 1.807) is 0 Å². The number of anilines is 1. The summed E-state index contributed by atoms with van der Waals surface area (Å²) in [6.45, 7) is 1.56. The van der Waals surface area contributed by atoms with Gasteiger partial charge in [0.25, 0.3) is 5.56 Å². The molecule has 2 aromatic rings. The Morgan fingerprint density at radius 2 is 2.28 bits per heavy atom. The second-order valence-corrected chi connectivity index (χ2v) is 6.52. The van der Waals surface area contributed by atoms with Gasteiger partial charge in [-0.15, -0.1) is 0 Å². The predicted octanol–water partition coefficient (Wildman–Crippen LogP) is 2.38. The summed E-state index contributed by atoms with van der Waals surface area (Å²) in [5, 5.41) is 2.84. The van der Waals surface area contributed by atoms with E-state index in [1.807, 2.05) is 4.90 Å². The van der Waals surface area contributed by atoms with Crippen LogP contribution in [-0.2, 0) is 4.79 Å². The first kappa shape index (κ1) is 17.6. The number of aromatic nitrogens is 2. The lowest BCUT2D eigenvalue weighted by atomic mass is 9.94. The molecule has 1 saturated heterocycles. The average molecular weight is 365 g/mol. The molecule has 1 fully saturated rings. The van der Waals surface area contributed by atoms with Crippen LogP contribution in [0.2, 0.25) is 5.02 Å². The van der Waals surface area contributed by atoms with Crippen molar-refractivity contribution in [2.75, 3.05) is 25.0 Å². The molecule has 1 aromatic heterocycles. The number of carbonyl (C=O) groups excluding carboxylic acids is 1. The van der Waals surface area contributed by atoms with Crippen LogP contribution in [0.3, 0.4) is 0 Å². The predicted molar refractivity (Wildman–Crippen MR) is 93.3 cm³/mol. The highest BCUT2D eigenvalue weighted by Crippen LogP contribution is 2.24. The molecule has 6 nitrogen and oxygen atoms in total. The van der Waals surface area contributed by atoms with E-state index in [0.29, 0.717) is 6.54 Å². The lowest BCUT2D eigenvalue weighted by Crippen LogP contribution is -2.40. The average Bonchev–Trinajstić information content (AvgIpc) is 2.58. The van der Waals surface area contributed by atoms with Crippen molar-refractivity contribution in [3.8, 4) is 0 Å². The number of nitrogens with one attached hydrogen (secondary N) is 2. The van der Waals surface area contributed by atoms with E-state index < -0.39 is 5.82 Å². The van der Waals surface area contributed by atoms with E-state index in [4.69, 9.17) is 11.6 Å². The topological polar surface area (TPSA) is 78.1 Å². The number of benzene rings is 1. The Hall–Kier alpha value is -2.25. The van der Waals surface area contributed by atoms with Crippen LogP contribution in [0.4, 0.5) is 10.1 Å². The van der Waals surface area contributed by atoms with Gasteiger partial charge in [0.05, 0.1) is 24.3 Å². The number of rotatable bonds is 4. The van der Waals surface area contributed by atoms with Crippen molar-refractivity contribution >= 4 is 23.2 Å². The third-order valence-corrected chi connectivity index (χ3v) is 4.43. The Labute approximate surface area is 149 Å². The van der Waals surface area contributed by atoms with E-state index in [2.05, 4.69) is 15.3 Å². The molecular formula is C17H18ClFN4O2. The van der Waals surface area contributed by atoms with Crippen LogP contribution < -0.4 is 10.9 Å². The molecule has 132 valence electrons. The largest absolute Gasteiger partial charge is 0.322 e. The molecule has 2 N–H and O–H groups in total. The molecule has 3 rings (SSSR count). The highest BCUT2D eigenvalue weighted by Gasteiger charge is 2.24. The van der Waals surface area contributed by atoms with Crippen LogP contribution in [0, 0.1) is 5.82 Å². The van der Waals surface area contributed by atoms with Crippen LogP contribution in [-0.4, -0.2) is 40.4 Å². The monoisotopic (exact) mass is 364 g/mol. The summed E-state index contributed by atoms with van der Waals surface area (Å²) in [7, 11) is 0. The Bertz CT molecular complexity index is 826. The van der Waals surface area contributed by atoms with Crippen molar-refractivity contribution in [2.24, 2.45) is 0 Å². The molecule has 0 bridgehead atoms. The number of H-pyrrole nitrogens is 1. The zero-order valence-corrected chi connectivity index (χ0v) is 14.2. The molecule has 0 spiro atoms. The van der Waals surface area contributed by atoms with Gasteiger partial charge in [0, 0.05) is 23.6 Å². The maximum absolute atomic E-state index is 13.8. The van der Waals surface area contributed by atoms with Gasteiger partial charge in [-0.2, -0.15) is 0 Å². The maximum atomic E-state index is 13.8. The third kappa shape index (κ3) is 4.64. The summed E-state index contributed by atoms with van der Waals surface area (Å²) in [6.07, 6.45) is 3.22. The van der Waals surface area contributed by atoms with Crippen molar-refractivity contribution in [3.05, 3.63) is 57.5 Å². The highest BCUT2D eigenvalue weighted by molar-refractivity contribution is 6.30. The van der Waals surface area contributed by atoms with Gasteiger partial charge in [0.1, 0.15) is 5.82 Å². The van der Waals surface area contributed by atoms with Gasteiger partial charge in [-0.05, 0) is 37.6 Å². The van der Waals surface area contributed by atoms with E-state index in [-0.39, 0.29) is 34.6 Å². The van der Waals surface area contributed by atoms with Crippen molar-refractivity contribution in [3.63, 3.8) is 0 Å². The second-order valence-electron chi connectivity index (χ2n) is 6.08. The summed E-state index contributed by atoms with van der Waals surface area (Å²) >= 11 is 5.70. The molecule has 1 aliphatic heterocycles. The molecule has 0 radical (unpaired) electrons. The molecule has 25 heavy (non-hydrogen) atoms. The van der Waals surface area contributed by atoms with Crippen LogP contribution in [0.1, 0.15) is 24.5 Å². The Morgan fingerprint density at radius 3 is 3.04 bits per heavy atom. The number of likely N-dealkylation sites (tertiary alicyclic amines) is 1. The first-order valence-electron chi connectivity index (χ1n) is 8.03. The quantitative estimate of drug-likeness (QED) is 0.873. The first-order chi connectivity index (χ1) is 12.0. The fourth-order valence-electron chi connectivity index (χ4n) is 3.03. The lowest BCUT2D eigenvalue weighted by molar-refractivity contribution is -0.117. The molecule has 1 atom stereocenters. The highest BCUT2D eigenvalue weighted by atomic mass is 35.5. The smallest absolute Gasteiger partial charge is 0.250 e. The van der Waals surface area contributed by atoms with Crippen LogP contribution in [0.25, 0.3) is 0 Å². The van der Waals surface area contributed by atoms with Gasteiger partial charge in [-0.25, -0.2) is 9.37 Å². The minimum atomic E-state index is -0.565. The van der Waals surface area contributed by atoms with Crippen LogP contribution >= 0.6 is 11.6 Å². The van der Waals surface area contributed by atoms with Crippen LogP contribution in [0.15, 0.2) is 35.4 Å². The zero-order chi connectivity index (χ0) is 17.8. The Kier molecular flexibility index (Phi) is 5.45. The Morgan fingerprint density at radius 1 is 1.44 bits per heavy atom. The summed E-state index contributed by atoms with van der Waals surface area (Å²) in [6, 6.07) is 5.62. The summed E-state index contributed by atoms with van der Waals surface area (Å²) < 4.78 is 13.8. The van der Waals surface area contributed by atoms with Crippen molar-refractivity contribution < 1.29 is 9.18 Å². The minimum absolute atomic E-state index is 0.108. The fourth-order valence-corrected chi connectivity index (χ4v) is 3.19. The minimum Gasteiger partial charge on any atom is -0.322 e. The number of piperidine rings is 1. The van der Waals surface area contributed by atoms with Gasteiger partial charge in [-0.1, -0.05) is 11.6 Å². The van der Waals surface area contributed by atoms with Gasteiger partial charge in [0.2, 0.25) is 5.91 Å². The number of hydrogen-bond donors (Lipinski definition) is 2. The van der Waals surface area contributed by atoms with Gasteiger partial charge in [0.15, 0.2) is 0 Å². The summed E-state index contributed by atoms with van der Waals surface area (Å²) in [5.74, 6) is -0.748. The first-order valence-corrected chi connectivity index (χ1v) is 8.41. The molecule has 1 amide bonds. The van der Waals surface area contributed by atoms with Crippen LogP contribution in [0.5, 0.6) is 0 Å². The van der Waals surface area contributed by atoms with Crippen molar-refractivity contribution in [1.29, 1.82) is 0 Å². The lowest BCUT2D eigenvalue weighted by Gasteiger charge is -2.31. The molecule has 1 aromatic carbocycles. The zero-order valence-electron chi connectivity index (χ0n) is 13.5. The van der Waals surface area contributed by atoms with E-state index in [9.17, 15) is 14.0 Å². The SMILES string of the molecule is O=C(CN1CCCC(c2cc(=O)[nH]cn2)C1)Nc1ccc(Cl)cc1F. The van der Waals surface area contributed by atoms with E-state index >= 15 is 0 Å². The molecule has 0 saturated carbocycles. The normalized spacial score (nSPS) is 18.1. The number of halogens is 2. The standard InChI is InChI=1S/C17H18ClFN4O2/c18-12-3-4-14(13(19)6-12)22-17(25)9-23-5-1-2-11(8-23)15-7-16(24)21-10-20-15/h3-4,6-7,10-11H,1-2,5,8-9H2,(H,22,25)(H,20,21,24). The second kappa shape index (κ2) is 7.76. The van der Waals surface area contributed by atoms with Crippen molar-refractivity contribution in [1.82, 2.24) is 14.9 Å². The molecule has 2 heterocycles. The summed E-state index contributed by atoms with van der Waals surface area (Å²) in [4.78, 5) is 32.3. The number of carbonyl (C=O) groups is 1.